The van der Waals surface area contributed by atoms with E-state index < -0.39 is 9.84 Å². The standard InChI is InChI=1S/C12H18O3S/c1-3-4-5-10-15-11-6-8-12(9-7-11)16(2,13)14/h6-9H,3-5,10H2,1-2H3. The third kappa shape index (κ3) is 4.23. The van der Waals surface area contributed by atoms with Crippen LogP contribution < -0.4 is 4.74 Å². The lowest BCUT2D eigenvalue weighted by molar-refractivity contribution is 0.306. The number of ether oxygens (including phenoxy) is 1. The van der Waals surface area contributed by atoms with Gasteiger partial charge in [0.1, 0.15) is 5.75 Å². The number of benzene rings is 1. The number of sulfone groups is 1. The van der Waals surface area contributed by atoms with Crippen LogP contribution in [-0.4, -0.2) is 21.3 Å². The van der Waals surface area contributed by atoms with Crippen molar-refractivity contribution in [3.05, 3.63) is 24.3 Å². The van der Waals surface area contributed by atoms with E-state index in [-0.39, 0.29) is 0 Å². The van der Waals surface area contributed by atoms with Crippen LogP contribution in [0.4, 0.5) is 0 Å². The highest BCUT2D eigenvalue weighted by Crippen LogP contribution is 2.16. The van der Waals surface area contributed by atoms with Crippen molar-refractivity contribution in [2.75, 3.05) is 12.9 Å². The lowest BCUT2D eigenvalue weighted by Crippen LogP contribution is -1.99. The molecule has 4 heteroatoms. The van der Waals surface area contributed by atoms with Gasteiger partial charge in [0.25, 0.3) is 0 Å². The molecule has 0 aliphatic rings. The molecule has 90 valence electrons. The van der Waals surface area contributed by atoms with Gasteiger partial charge in [0, 0.05) is 6.26 Å². The fourth-order valence-corrected chi connectivity index (χ4v) is 1.96. The SMILES string of the molecule is CCCCCOc1ccc(S(C)(=O)=O)cc1. The van der Waals surface area contributed by atoms with Crippen LogP contribution in [-0.2, 0) is 9.84 Å². The van der Waals surface area contributed by atoms with Crippen molar-refractivity contribution in [3.63, 3.8) is 0 Å². The summed E-state index contributed by atoms with van der Waals surface area (Å²) in [6, 6.07) is 6.54. The van der Waals surface area contributed by atoms with Crippen LogP contribution in [0.15, 0.2) is 29.2 Å². The van der Waals surface area contributed by atoms with Gasteiger partial charge in [-0.3, -0.25) is 0 Å². The Morgan fingerprint density at radius 3 is 2.25 bits per heavy atom. The van der Waals surface area contributed by atoms with Crippen molar-refractivity contribution in [2.24, 2.45) is 0 Å². The average molecular weight is 242 g/mol. The molecule has 0 aliphatic carbocycles. The highest BCUT2D eigenvalue weighted by atomic mass is 32.2. The maximum atomic E-state index is 11.2. The van der Waals surface area contributed by atoms with Crippen LogP contribution in [0.2, 0.25) is 0 Å². The fourth-order valence-electron chi connectivity index (χ4n) is 1.33. The van der Waals surface area contributed by atoms with Gasteiger partial charge in [-0.05, 0) is 30.7 Å². The summed E-state index contributed by atoms with van der Waals surface area (Å²) < 4.78 is 27.9. The van der Waals surface area contributed by atoms with Crippen LogP contribution >= 0.6 is 0 Å². The predicted molar refractivity (Wildman–Crippen MR) is 64.6 cm³/mol. The quantitative estimate of drug-likeness (QED) is 0.720. The van der Waals surface area contributed by atoms with E-state index >= 15 is 0 Å². The summed E-state index contributed by atoms with van der Waals surface area (Å²) in [6.45, 7) is 2.83. The van der Waals surface area contributed by atoms with Crippen molar-refractivity contribution in [3.8, 4) is 5.75 Å². The first-order valence-electron chi connectivity index (χ1n) is 5.47. The molecule has 0 saturated carbocycles. The van der Waals surface area contributed by atoms with Crippen LogP contribution in [0.3, 0.4) is 0 Å². The largest absolute Gasteiger partial charge is 0.494 e. The topological polar surface area (TPSA) is 43.4 Å². The number of rotatable bonds is 6. The van der Waals surface area contributed by atoms with Crippen LogP contribution in [0.25, 0.3) is 0 Å². The van der Waals surface area contributed by atoms with E-state index in [2.05, 4.69) is 6.92 Å². The molecule has 0 heterocycles. The minimum absolute atomic E-state index is 0.327. The number of unbranched alkanes of at least 4 members (excludes halogenated alkanes) is 2. The van der Waals surface area contributed by atoms with E-state index in [9.17, 15) is 8.42 Å². The summed E-state index contributed by atoms with van der Waals surface area (Å²) in [7, 11) is -3.10. The van der Waals surface area contributed by atoms with Crippen molar-refractivity contribution < 1.29 is 13.2 Å². The second kappa shape index (κ2) is 5.89. The van der Waals surface area contributed by atoms with Gasteiger partial charge in [0.15, 0.2) is 9.84 Å². The molecule has 0 N–H and O–H groups in total. The fraction of sp³-hybridized carbons (Fsp3) is 0.500. The second-order valence-corrected chi connectivity index (χ2v) is 5.81. The van der Waals surface area contributed by atoms with E-state index in [1.807, 2.05) is 0 Å². The third-order valence-electron chi connectivity index (χ3n) is 2.27. The summed E-state index contributed by atoms with van der Waals surface area (Å²) >= 11 is 0. The molecule has 16 heavy (non-hydrogen) atoms. The van der Waals surface area contributed by atoms with E-state index in [1.54, 1.807) is 24.3 Å². The molecule has 0 atom stereocenters. The van der Waals surface area contributed by atoms with Gasteiger partial charge in [-0.25, -0.2) is 8.42 Å². The molecule has 0 amide bonds. The lowest BCUT2D eigenvalue weighted by Gasteiger charge is -2.06. The van der Waals surface area contributed by atoms with Crippen LogP contribution in [0.1, 0.15) is 26.2 Å². The van der Waals surface area contributed by atoms with E-state index in [1.165, 1.54) is 6.26 Å². The summed E-state index contributed by atoms with van der Waals surface area (Å²) in [4.78, 5) is 0.327. The van der Waals surface area contributed by atoms with E-state index in [0.717, 1.165) is 25.0 Å². The molecule has 0 radical (unpaired) electrons. The number of hydrogen-bond acceptors (Lipinski definition) is 3. The molecule has 1 aromatic carbocycles. The molecule has 0 fully saturated rings. The first-order chi connectivity index (χ1) is 7.54. The van der Waals surface area contributed by atoms with Gasteiger partial charge < -0.3 is 4.74 Å². The summed E-state index contributed by atoms with van der Waals surface area (Å²) in [5, 5.41) is 0. The molecule has 0 unspecified atom stereocenters. The Bertz CT molecular complexity index is 406. The first-order valence-corrected chi connectivity index (χ1v) is 7.36. The zero-order chi connectivity index (χ0) is 12.0. The molecule has 0 bridgehead atoms. The van der Waals surface area contributed by atoms with Gasteiger partial charge in [0.2, 0.25) is 0 Å². The molecule has 3 nitrogen and oxygen atoms in total. The zero-order valence-corrected chi connectivity index (χ0v) is 10.6. The Morgan fingerprint density at radius 2 is 1.75 bits per heavy atom. The molecule has 0 saturated heterocycles. The zero-order valence-electron chi connectivity index (χ0n) is 9.77. The Kier molecular flexibility index (Phi) is 4.80. The van der Waals surface area contributed by atoms with Gasteiger partial charge >= 0.3 is 0 Å². The average Bonchev–Trinajstić information content (AvgIpc) is 2.24. The monoisotopic (exact) mass is 242 g/mol. The smallest absolute Gasteiger partial charge is 0.175 e. The molecule has 0 spiro atoms. The molecule has 0 aliphatic heterocycles. The second-order valence-electron chi connectivity index (χ2n) is 3.80. The minimum Gasteiger partial charge on any atom is -0.494 e. The first kappa shape index (κ1) is 13.0. The van der Waals surface area contributed by atoms with Crippen molar-refractivity contribution in [1.82, 2.24) is 0 Å². The van der Waals surface area contributed by atoms with Gasteiger partial charge in [-0.1, -0.05) is 19.8 Å². The van der Waals surface area contributed by atoms with Gasteiger partial charge in [-0.2, -0.15) is 0 Å². The summed E-state index contributed by atoms with van der Waals surface area (Å²) in [5.74, 6) is 0.725. The Morgan fingerprint density at radius 1 is 1.12 bits per heavy atom. The van der Waals surface area contributed by atoms with Crippen molar-refractivity contribution in [2.45, 2.75) is 31.1 Å². The highest BCUT2D eigenvalue weighted by molar-refractivity contribution is 7.90. The highest BCUT2D eigenvalue weighted by Gasteiger charge is 2.05. The van der Waals surface area contributed by atoms with Crippen molar-refractivity contribution in [1.29, 1.82) is 0 Å². The summed E-state index contributed by atoms with van der Waals surface area (Å²) in [5.41, 5.74) is 0. The Balaban J connectivity index is 2.52. The van der Waals surface area contributed by atoms with E-state index in [0.29, 0.717) is 11.5 Å². The minimum atomic E-state index is -3.10. The normalized spacial score (nSPS) is 11.4. The molecule has 1 aromatic rings. The Labute approximate surface area is 97.4 Å². The maximum Gasteiger partial charge on any atom is 0.175 e. The Hall–Kier alpha value is -1.03. The summed E-state index contributed by atoms with van der Waals surface area (Å²) in [6.07, 6.45) is 4.55. The van der Waals surface area contributed by atoms with E-state index in [4.69, 9.17) is 4.74 Å². The molecule has 0 aromatic heterocycles. The lowest BCUT2D eigenvalue weighted by atomic mass is 10.3. The molecular weight excluding hydrogens is 224 g/mol. The van der Waals surface area contributed by atoms with Gasteiger partial charge in [0.05, 0.1) is 11.5 Å². The van der Waals surface area contributed by atoms with Crippen LogP contribution in [0.5, 0.6) is 5.75 Å². The van der Waals surface area contributed by atoms with Crippen LogP contribution in [0, 0.1) is 0 Å². The predicted octanol–water partition coefficient (Wildman–Crippen LogP) is 2.66. The van der Waals surface area contributed by atoms with Gasteiger partial charge in [-0.15, -0.1) is 0 Å². The third-order valence-corrected chi connectivity index (χ3v) is 3.40. The molecule has 1 rings (SSSR count). The number of hydrogen-bond donors (Lipinski definition) is 0. The van der Waals surface area contributed by atoms with Crippen molar-refractivity contribution >= 4 is 9.84 Å². The maximum absolute atomic E-state index is 11.2. The molecular formula is C12H18O3S.